The smallest absolute Gasteiger partial charge is 0.0977 e. The molecule has 0 saturated carbocycles. The van der Waals surface area contributed by atoms with E-state index in [1.54, 1.807) is 13.3 Å². The van der Waals surface area contributed by atoms with E-state index in [4.69, 9.17) is 10.5 Å². The molecule has 0 aliphatic carbocycles. The molecule has 0 aliphatic rings. The Morgan fingerprint density at radius 2 is 2.23 bits per heavy atom. The summed E-state index contributed by atoms with van der Waals surface area (Å²) in [6, 6.07) is 0. The number of nitrogens with two attached hydrogens (primary N) is 1. The summed E-state index contributed by atoms with van der Waals surface area (Å²) in [5.41, 5.74) is 6.09. The molecule has 1 atom stereocenters. The first-order chi connectivity index (χ1) is 6.11. The van der Waals surface area contributed by atoms with Crippen LogP contribution >= 0.6 is 15.9 Å². The highest BCUT2D eigenvalue weighted by Crippen LogP contribution is 2.05. The van der Waals surface area contributed by atoms with E-state index in [9.17, 15) is 0 Å². The van der Waals surface area contributed by atoms with Crippen LogP contribution in [0.3, 0.4) is 0 Å². The van der Waals surface area contributed by atoms with Crippen molar-refractivity contribution in [1.82, 2.24) is 0 Å². The molecule has 0 radical (unpaired) electrons. The predicted molar refractivity (Wildman–Crippen MR) is 59.9 cm³/mol. The average Bonchev–Trinajstić information content (AvgIpc) is 2.11. The normalized spacial score (nSPS) is 16.6. The van der Waals surface area contributed by atoms with Gasteiger partial charge in [0.15, 0.2) is 0 Å². The third kappa shape index (κ3) is 5.60. The highest BCUT2D eigenvalue weighted by Gasteiger charge is 2.03. The molecule has 1 unspecified atom stereocenters. The molecule has 0 amide bonds. The van der Waals surface area contributed by atoms with Gasteiger partial charge in [0.1, 0.15) is 0 Å². The highest BCUT2D eigenvalue weighted by molar-refractivity contribution is 9.11. The summed E-state index contributed by atoms with van der Waals surface area (Å²) in [6.45, 7) is 3.82. The summed E-state index contributed by atoms with van der Waals surface area (Å²) < 4.78 is 6.08. The lowest BCUT2D eigenvalue weighted by atomic mass is 10.3. The van der Waals surface area contributed by atoms with Crippen molar-refractivity contribution < 1.29 is 4.74 Å². The van der Waals surface area contributed by atoms with Crippen molar-refractivity contribution in [2.24, 2.45) is 10.7 Å². The maximum atomic E-state index is 5.38. The number of ether oxygens (including phenoxy) is 1. The van der Waals surface area contributed by atoms with E-state index in [-0.39, 0.29) is 6.10 Å². The van der Waals surface area contributed by atoms with Crippen LogP contribution in [0.25, 0.3) is 0 Å². The minimum atomic E-state index is -0.0784. The summed E-state index contributed by atoms with van der Waals surface area (Å²) in [4.78, 5) is 4.13. The van der Waals surface area contributed by atoms with Gasteiger partial charge in [-0.25, -0.2) is 0 Å². The van der Waals surface area contributed by atoms with Gasteiger partial charge in [-0.2, -0.15) is 0 Å². The van der Waals surface area contributed by atoms with Crippen LogP contribution in [0.1, 0.15) is 13.8 Å². The lowest BCUT2D eigenvalue weighted by Crippen LogP contribution is -2.08. The van der Waals surface area contributed by atoms with Crippen LogP contribution in [0, 0.1) is 0 Å². The molecule has 0 bridgehead atoms. The Bertz CT molecular complexity index is 230. The molecule has 13 heavy (non-hydrogen) atoms. The van der Waals surface area contributed by atoms with Crippen LogP contribution in [0.15, 0.2) is 27.4 Å². The predicted octanol–water partition coefficient (Wildman–Crippen LogP) is 2.19. The minimum Gasteiger partial charge on any atom is -0.403 e. The maximum absolute atomic E-state index is 5.38. The molecule has 2 N–H and O–H groups in total. The third-order valence-electron chi connectivity index (χ3n) is 1.47. The SMILES string of the molecule is COC(C)C(=C/N)/N=C\C=C(/C)Br. The first-order valence-corrected chi connectivity index (χ1v) is 4.72. The van der Waals surface area contributed by atoms with Gasteiger partial charge in [0.25, 0.3) is 0 Å². The lowest BCUT2D eigenvalue weighted by molar-refractivity contribution is 0.146. The second-order valence-corrected chi connectivity index (χ2v) is 3.75. The number of methoxy groups -OCH3 is 1. The summed E-state index contributed by atoms with van der Waals surface area (Å²) >= 11 is 3.29. The highest BCUT2D eigenvalue weighted by atomic mass is 79.9. The summed E-state index contributed by atoms with van der Waals surface area (Å²) in [5.74, 6) is 0. The van der Waals surface area contributed by atoms with E-state index < -0.39 is 0 Å². The molecular formula is C9H15BrN2O. The second-order valence-electron chi connectivity index (χ2n) is 2.50. The van der Waals surface area contributed by atoms with E-state index in [2.05, 4.69) is 20.9 Å². The quantitative estimate of drug-likeness (QED) is 0.774. The lowest BCUT2D eigenvalue weighted by Gasteiger charge is -2.07. The van der Waals surface area contributed by atoms with E-state index in [0.717, 1.165) is 4.48 Å². The van der Waals surface area contributed by atoms with Crippen molar-refractivity contribution in [3.63, 3.8) is 0 Å². The first kappa shape index (κ1) is 12.4. The van der Waals surface area contributed by atoms with Crippen molar-refractivity contribution in [3.8, 4) is 0 Å². The number of aliphatic imine (C=N–C) groups is 1. The van der Waals surface area contributed by atoms with Crippen LogP contribution in [0.5, 0.6) is 0 Å². The van der Waals surface area contributed by atoms with Crippen LogP contribution < -0.4 is 5.73 Å². The minimum absolute atomic E-state index is 0.0784. The molecular weight excluding hydrogens is 232 g/mol. The number of rotatable bonds is 4. The van der Waals surface area contributed by atoms with Crippen molar-refractivity contribution in [2.45, 2.75) is 20.0 Å². The zero-order chi connectivity index (χ0) is 10.3. The maximum Gasteiger partial charge on any atom is 0.0977 e. The van der Waals surface area contributed by atoms with E-state index in [1.807, 2.05) is 19.9 Å². The molecule has 0 spiro atoms. The zero-order valence-corrected chi connectivity index (χ0v) is 9.71. The molecule has 0 heterocycles. The fraction of sp³-hybridized carbons (Fsp3) is 0.444. The van der Waals surface area contributed by atoms with Gasteiger partial charge in [-0.1, -0.05) is 15.9 Å². The van der Waals surface area contributed by atoms with Gasteiger partial charge >= 0.3 is 0 Å². The molecule has 0 aromatic rings. The van der Waals surface area contributed by atoms with E-state index in [1.165, 1.54) is 6.20 Å². The molecule has 3 nitrogen and oxygen atoms in total. The van der Waals surface area contributed by atoms with Crippen LogP contribution in [0.2, 0.25) is 0 Å². The fourth-order valence-electron chi connectivity index (χ4n) is 0.630. The Morgan fingerprint density at radius 1 is 1.62 bits per heavy atom. The van der Waals surface area contributed by atoms with E-state index >= 15 is 0 Å². The third-order valence-corrected chi connectivity index (χ3v) is 1.73. The Hall–Kier alpha value is -0.610. The van der Waals surface area contributed by atoms with Gasteiger partial charge in [-0.3, -0.25) is 4.99 Å². The van der Waals surface area contributed by atoms with Crippen molar-refractivity contribution in [1.29, 1.82) is 0 Å². The molecule has 0 aliphatic heterocycles. The topological polar surface area (TPSA) is 47.6 Å². The molecule has 0 rings (SSSR count). The van der Waals surface area contributed by atoms with Crippen molar-refractivity contribution >= 4 is 22.1 Å². The summed E-state index contributed by atoms with van der Waals surface area (Å²) in [6.07, 6.45) is 4.89. The number of hydrogen-bond donors (Lipinski definition) is 1. The van der Waals surface area contributed by atoms with Gasteiger partial charge in [-0.15, -0.1) is 0 Å². The molecule has 74 valence electrons. The Kier molecular flexibility index (Phi) is 6.54. The van der Waals surface area contributed by atoms with Crippen molar-refractivity contribution in [3.05, 3.63) is 22.5 Å². The Labute approximate surface area is 87.5 Å². The van der Waals surface area contributed by atoms with E-state index in [0.29, 0.717) is 5.70 Å². The van der Waals surface area contributed by atoms with Crippen LogP contribution in [0.4, 0.5) is 0 Å². The van der Waals surface area contributed by atoms with Crippen LogP contribution in [-0.4, -0.2) is 19.4 Å². The van der Waals surface area contributed by atoms with Gasteiger partial charge in [0.05, 0.1) is 11.8 Å². The summed E-state index contributed by atoms with van der Waals surface area (Å²) in [5, 5.41) is 0. The van der Waals surface area contributed by atoms with Crippen molar-refractivity contribution in [2.75, 3.05) is 7.11 Å². The Morgan fingerprint density at radius 3 is 2.62 bits per heavy atom. The summed E-state index contributed by atoms with van der Waals surface area (Å²) in [7, 11) is 1.62. The van der Waals surface area contributed by atoms with Gasteiger partial charge < -0.3 is 10.5 Å². The van der Waals surface area contributed by atoms with Gasteiger partial charge in [0.2, 0.25) is 0 Å². The molecule has 4 heteroatoms. The Balaban J connectivity index is 4.31. The monoisotopic (exact) mass is 246 g/mol. The number of nitrogens with zero attached hydrogens (tertiary/aromatic N) is 1. The standard InChI is InChI=1S/C9H15BrN2O/c1-7(10)4-5-12-9(6-11)8(2)13-3/h4-6,8H,11H2,1-3H3/b7-4+,9-6-,12-5-. The number of hydrogen-bond acceptors (Lipinski definition) is 3. The molecule has 0 saturated heterocycles. The second kappa shape index (κ2) is 6.86. The van der Waals surface area contributed by atoms with Gasteiger partial charge in [0, 0.05) is 19.5 Å². The number of halogens is 1. The van der Waals surface area contributed by atoms with Crippen LogP contribution in [-0.2, 0) is 4.74 Å². The molecule has 0 fully saturated rings. The zero-order valence-electron chi connectivity index (χ0n) is 8.12. The molecule has 0 aromatic carbocycles. The largest absolute Gasteiger partial charge is 0.403 e. The fourth-order valence-corrected chi connectivity index (χ4v) is 0.749. The number of allylic oxidation sites excluding steroid dienone is 2. The first-order valence-electron chi connectivity index (χ1n) is 3.92. The average molecular weight is 247 g/mol. The molecule has 0 aromatic heterocycles. The van der Waals surface area contributed by atoms with Gasteiger partial charge in [-0.05, 0) is 24.4 Å².